The van der Waals surface area contributed by atoms with Crippen LogP contribution in [0.1, 0.15) is 5.56 Å². The molecule has 2 heterocycles. The van der Waals surface area contributed by atoms with Gasteiger partial charge in [-0.1, -0.05) is 47.6 Å². The van der Waals surface area contributed by atoms with Crippen LogP contribution in [0.5, 0.6) is 5.88 Å². The second-order valence-corrected chi connectivity index (χ2v) is 7.94. The van der Waals surface area contributed by atoms with Crippen molar-refractivity contribution in [3.8, 4) is 5.88 Å². The van der Waals surface area contributed by atoms with Crippen molar-refractivity contribution in [1.82, 2.24) is 9.78 Å². The highest BCUT2D eigenvalue weighted by molar-refractivity contribution is 7.99. The summed E-state index contributed by atoms with van der Waals surface area (Å²) in [4.78, 5) is 15.5. The van der Waals surface area contributed by atoms with Crippen LogP contribution in [-0.2, 0) is 11.3 Å². The first-order valence-corrected chi connectivity index (χ1v) is 10.2. The zero-order valence-corrected chi connectivity index (χ0v) is 16.7. The molecule has 0 amide bonds. The molecule has 0 aliphatic carbocycles. The summed E-state index contributed by atoms with van der Waals surface area (Å²) in [5.74, 6) is -0.0906. The van der Waals surface area contributed by atoms with Gasteiger partial charge in [0.15, 0.2) is 0 Å². The van der Waals surface area contributed by atoms with Crippen molar-refractivity contribution in [2.24, 2.45) is 0 Å². The summed E-state index contributed by atoms with van der Waals surface area (Å²) in [7, 11) is 0. The summed E-state index contributed by atoms with van der Waals surface area (Å²) in [6.07, 6.45) is 0. The molecule has 0 saturated carbocycles. The van der Waals surface area contributed by atoms with E-state index in [2.05, 4.69) is 22.1 Å². The molecule has 1 fully saturated rings. The van der Waals surface area contributed by atoms with E-state index in [1.54, 1.807) is 6.07 Å². The van der Waals surface area contributed by atoms with Gasteiger partial charge in [-0.05, 0) is 29.8 Å². The van der Waals surface area contributed by atoms with Gasteiger partial charge < -0.3 is 14.7 Å². The van der Waals surface area contributed by atoms with Crippen molar-refractivity contribution >= 4 is 29.1 Å². The summed E-state index contributed by atoms with van der Waals surface area (Å²) in [5, 5.41) is 13.8. The minimum atomic E-state index is -0.340. The molecular formula is C20H20ClN3O3S. The third-order valence-corrected chi connectivity index (χ3v) is 6.19. The van der Waals surface area contributed by atoms with Gasteiger partial charge in [0.2, 0.25) is 5.88 Å². The van der Waals surface area contributed by atoms with Crippen LogP contribution in [0.25, 0.3) is 0 Å². The van der Waals surface area contributed by atoms with Gasteiger partial charge in [0.05, 0.1) is 24.8 Å². The zero-order valence-electron chi connectivity index (χ0n) is 15.1. The molecule has 146 valence electrons. The van der Waals surface area contributed by atoms with Gasteiger partial charge in [-0.2, -0.15) is 0 Å². The molecule has 0 unspecified atom stereocenters. The van der Waals surface area contributed by atoms with E-state index in [1.165, 1.54) is 4.68 Å². The number of aromatic hydroxyl groups is 1. The average molecular weight is 418 g/mol. The minimum absolute atomic E-state index is 0.0906. The van der Waals surface area contributed by atoms with Crippen LogP contribution in [0.15, 0.2) is 63.1 Å². The van der Waals surface area contributed by atoms with Gasteiger partial charge in [-0.3, -0.25) is 9.89 Å². The monoisotopic (exact) mass is 417 g/mol. The van der Waals surface area contributed by atoms with Crippen LogP contribution >= 0.6 is 23.4 Å². The van der Waals surface area contributed by atoms with Crippen molar-refractivity contribution in [1.29, 1.82) is 0 Å². The van der Waals surface area contributed by atoms with Crippen LogP contribution in [0, 0.1) is 0 Å². The third-order valence-electron chi connectivity index (χ3n) is 4.60. The zero-order chi connectivity index (χ0) is 19.5. The maximum Gasteiger partial charge on any atom is 0.282 e. The molecule has 0 atom stereocenters. The lowest BCUT2D eigenvalue weighted by atomic mass is 10.2. The summed E-state index contributed by atoms with van der Waals surface area (Å²) in [6.45, 7) is 3.62. The van der Waals surface area contributed by atoms with Gasteiger partial charge in [0.25, 0.3) is 5.56 Å². The fourth-order valence-corrected chi connectivity index (χ4v) is 4.23. The number of aromatic nitrogens is 2. The van der Waals surface area contributed by atoms with E-state index >= 15 is 0 Å². The molecule has 1 aliphatic rings. The van der Waals surface area contributed by atoms with Gasteiger partial charge >= 0.3 is 0 Å². The standard InChI is InChI=1S/C20H20ClN3O3S/c21-16-3-1-2-4-17(16)28-18-19(25)22-24(20(18)26)13-14-5-7-15(8-6-14)23-9-11-27-12-10-23/h1-8,26H,9-13H2,(H,22,25). The van der Waals surface area contributed by atoms with Crippen molar-refractivity contribution in [2.45, 2.75) is 16.3 Å². The van der Waals surface area contributed by atoms with Crippen molar-refractivity contribution in [2.75, 3.05) is 31.2 Å². The lowest BCUT2D eigenvalue weighted by Crippen LogP contribution is -2.36. The quantitative estimate of drug-likeness (QED) is 0.664. The van der Waals surface area contributed by atoms with Crippen LogP contribution in [0.3, 0.4) is 0 Å². The topological polar surface area (TPSA) is 70.5 Å². The molecule has 2 aromatic carbocycles. The Balaban J connectivity index is 1.51. The first kappa shape index (κ1) is 19.0. The smallest absolute Gasteiger partial charge is 0.282 e. The van der Waals surface area contributed by atoms with Crippen molar-refractivity contribution in [3.63, 3.8) is 0 Å². The summed E-state index contributed by atoms with van der Waals surface area (Å²) >= 11 is 7.32. The Labute approximate surface area is 171 Å². The Bertz CT molecular complexity index is 1010. The highest BCUT2D eigenvalue weighted by Crippen LogP contribution is 2.35. The molecule has 1 aromatic heterocycles. The number of hydrogen-bond donors (Lipinski definition) is 2. The predicted octanol–water partition coefficient (Wildman–Crippen LogP) is 3.57. The number of H-pyrrole nitrogens is 1. The molecule has 3 aromatic rings. The average Bonchev–Trinajstić information content (AvgIpc) is 2.98. The first-order valence-electron chi connectivity index (χ1n) is 8.97. The van der Waals surface area contributed by atoms with Crippen LogP contribution < -0.4 is 10.5 Å². The van der Waals surface area contributed by atoms with Gasteiger partial charge in [-0.25, -0.2) is 4.68 Å². The van der Waals surface area contributed by atoms with E-state index in [-0.39, 0.29) is 16.3 Å². The number of hydrogen-bond acceptors (Lipinski definition) is 5. The number of rotatable bonds is 5. The second kappa shape index (κ2) is 8.34. The molecule has 0 bridgehead atoms. The molecule has 0 spiro atoms. The number of halogens is 1. The summed E-state index contributed by atoms with van der Waals surface area (Å²) < 4.78 is 6.83. The third kappa shape index (κ3) is 4.06. The maximum absolute atomic E-state index is 12.3. The molecule has 6 nitrogen and oxygen atoms in total. The number of nitrogens with one attached hydrogen (secondary N) is 1. The Morgan fingerprint density at radius 1 is 1.11 bits per heavy atom. The number of morpholine rings is 1. The molecule has 2 N–H and O–H groups in total. The van der Waals surface area contributed by atoms with E-state index in [1.807, 2.05) is 30.3 Å². The molecular weight excluding hydrogens is 398 g/mol. The number of benzene rings is 2. The van der Waals surface area contributed by atoms with E-state index < -0.39 is 0 Å². The van der Waals surface area contributed by atoms with Crippen molar-refractivity contribution in [3.05, 3.63) is 69.5 Å². The molecule has 0 radical (unpaired) electrons. The normalized spacial score (nSPS) is 14.4. The van der Waals surface area contributed by atoms with Gasteiger partial charge in [-0.15, -0.1) is 0 Å². The largest absolute Gasteiger partial charge is 0.493 e. The summed E-state index contributed by atoms with van der Waals surface area (Å²) in [6, 6.07) is 15.3. The summed E-state index contributed by atoms with van der Waals surface area (Å²) in [5.41, 5.74) is 1.78. The lowest BCUT2D eigenvalue weighted by molar-refractivity contribution is 0.122. The Hall–Kier alpha value is -2.35. The number of ether oxygens (including phenoxy) is 1. The Morgan fingerprint density at radius 3 is 2.54 bits per heavy atom. The Kier molecular flexibility index (Phi) is 5.66. The number of nitrogens with zero attached hydrogens (tertiary/aromatic N) is 2. The Morgan fingerprint density at radius 2 is 1.82 bits per heavy atom. The predicted molar refractivity (Wildman–Crippen MR) is 111 cm³/mol. The second-order valence-electron chi connectivity index (χ2n) is 6.48. The molecule has 28 heavy (non-hydrogen) atoms. The highest BCUT2D eigenvalue weighted by Gasteiger charge is 2.17. The maximum atomic E-state index is 12.3. The first-order chi connectivity index (χ1) is 13.6. The van der Waals surface area contributed by atoms with Crippen molar-refractivity contribution < 1.29 is 9.84 Å². The van der Waals surface area contributed by atoms with Crippen LogP contribution in [0.2, 0.25) is 5.02 Å². The fourth-order valence-electron chi connectivity index (χ4n) is 3.11. The van der Waals surface area contributed by atoms with Crippen LogP contribution in [0.4, 0.5) is 5.69 Å². The van der Waals surface area contributed by atoms with E-state index in [0.29, 0.717) is 11.6 Å². The van der Waals surface area contributed by atoms with E-state index in [9.17, 15) is 9.90 Å². The molecule has 8 heteroatoms. The number of aromatic amines is 1. The lowest BCUT2D eigenvalue weighted by Gasteiger charge is -2.28. The van der Waals surface area contributed by atoms with Gasteiger partial charge in [0, 0.05) is 23.7 Å². The number of anilines is 1. The van der Waals surface area contributed by atoms with E-state index in [4.69, 9.17) is 16.3 Å². The minimum Gasteiger partial charge on any atom is -0.493 e. The van der Waals surface area contributed by atoms with Crippen LogP contribution in [-0.4, -0.2) is 41.2 Å². The highest BCUT2D eigenvalue weighted by atomic mass is 35.5. The molecule has 1 aliphatic heterocycles. The molecule has 4 rings (SSSR count). The SMILES string of the molecule is O=c1[nH]n(Cc2ccc(N3CCOCC3)cc2)c(O)c1Sc1ccccc1Cl. The van der Waals surface area contributed by atoms with E-state index in [0.717, 1.165) is 54.2 Å². The molecule has 1 saturated heterocycles. The fraction of sp³-hybridized carbons (Fsp3) is 0.250. The van der Waals surface area contributed by atoms with Gasteiger partial charge in [0.1, 0.15) is 4.90 Å².